The summed E-state index contributed by atoms with van der Waals surface area (Å²) in [7, 11) is 0. The average molecular weight is 236 g/mol. The number of aliphatic hydroxyl groups is 1. The van der Waals surface area contributed by atoms with Gasteiger partial charge in [-0.25, -0.2) is 4.79 Å². The minimum Gasteiger partial charge on any atom is -0.479 e. The molecule has 0 spiro atoms. The summed E-state index contributed by atoms with van der Waals surface area (Å²) in [6, 6.07) is 4.16. The zero-order valence-corrected chi connectivity index (χ0v) is 7.73. The van der Waals surface area contributed by atoms with Crippen molar-refractivity contribution in [2.24, 2.45) is 0 Å². The molecule has 16 heavy (non-hydrogen) atoms. The van der Waals surface area contributed by atoms with Crippen LogP contribution in [0.25, 0.3) is 0 Å². The van der Waals surface area contributed by atoms with Crippen molar-refractivity contribution in [1.29, 1.82) is 0 Å². The molecule has 0 aliphatic carbocycles. The molecule has 88 valence electrons. The van der Waals surface area contributed by atoms with E-state index in [1.165, 1.54) is 6.07 Å². The molecule has 0 aliphatic heterocycles. The molecular formula is C9H7F3O4. The smallest absolute Gasteiger partial charge is 0.479 e. The molecule has 1 atom stereocenters. The van der Waals surface area contributed by atoms with Gasteiger partial charge in [-0.1, -0.05) is 12.1 Å². The lowest BCUT2D eigenvalue weighted by atomic mass is 10.1. The number of carboxylic acids is 1. The molecular weight excluding hydrogens is 229 g/mol. The van der Waals surface area contributed by atoms with E-state index in [0.29, 0.717) is 0 Å². The summed E-state index contributed by atoms with van der Waals surface area (Å²) in [6.45, 7) is 0. The maximum atomic E-state index is 11.8. The maximum Gasteiger partial charge on any atom is 0.573 e. The molecule has 1 rings (SSSR count). The molecule has 0 bridgehead atoms. The van der Waals surface area contributed by atoms with Crippen molar-refractivity contribution >= 4 is 5.97 Å². The van der Waals surface area contributed by atoms with Gasteiger partial charge in [0.05, 0.1) is 0 Å². The van der Waals surface area contributed by atoms with E-state index < -0.39 is 24.2 Å². The molecule has 4 nitrogen and oxygen atoms in total. The normalized spacial score (nSPS) is 13.2. The highest BCUT2D eigenvalue weighted by atomic mass is 19.4. The van der Waals surface area contributed by atoms with E-state index in [0.717, 1.165) is 18.2 Å². The van der Waals surface area contributed by atoms with Crippen LogP contribution in [-0.4, -0.2) is 22.5 Å². The second kappa shape index (κ2) is 4.40. The highest BCUT2D eigenvalue weighted by Gasteiger charge is 2.31. The molecule has 0 saturated heterocycles. The van der Waals surface area contributed by atoms with Crippen LogP contribution in [0.2, 0.25) is 0 Å². The quantitative estimate of drug-likeness (QED) is 0.838. The molecule has 0 fully saturated rings. The van der Waals surface area contributed by atoms with Crippen LogP contribution in [0, 0.1) is 0 Å². The standard InChI is InChI=1S/C9H7F3O4/c10-9(11,12)16-6-3-1-2-5(4-6)7(13)8(14)15/h1-4,7,13H,(H,14,15)/t7-/m0/s1. The Morgan fingerprint density at radius 3 is 2.50 bits per heavy atom. The van der Waals surface area contributed by atoms with E-state index in [-0.39, 0.29) is 5.56 Å². The third kappa shape index (κ3) is 3.43. The molecule has 0 saturated carbocycles. The summed E-state index contributed by atoms with van der Waals surface area (Å²) in [6.07, 6.45) is -6.73. The monoisotopic (exact) mass is 236 g/mol. The summed E-state index contributed by atoms with van der Waals surface area (Å²) in [5, 5.41) is 17.5. The van der Waals surface area contributed by atoms with Crippen molar-refractivity contribution in [3.8, 4) is 5.75 Å². The molecule has 0 aliphatic rings. The molecule has 0 aromatic heterocycles. The molecule has 7 heteroatoms. The van der Waals surface area contributed by atoms with Gasteiger partial charge < -0.3 is 14.9 Å². The van der Waals surface area contributed by atoms with Crippen molar-refractivity contribution in [3.05, 3.63) is 29.8 Å². The first kappa shape index (κ1) is 12.3. The van der Waals surface area contributed by atoms with Gasteiger partial charge in [0, 0.05) is 0 Å². The Bertz CT molecular complexity index is 389. The molecule has 0 radical (unpaired) electrons. The number of hydrogen-bond donors (Lipinski definition) is 2. The molecule has 2 N–H and O–H groups in total. The zero-order chi connectivity index (χ0) is 12.3. The lowest BCUT2D eigenvalue weighted by Crippen LogP contribution is -2.17. The Kier molecular flexibility index (Phi) is 3.38. The summed E-state index contributed by atoms with van der Waals surface area (Å²) in [4.78, 5) is 10.4. The topological polar surface area (TPSA) is 66.8 Å². The van der Waals surface area contributed by atoms with Gasteiger partial charge in [0.25, 0.3) is 0 Å². The van der Waals surface area contributed by atoms with Gasteiger partial charge in [0.2, 0.25) is 0 Å². The van der Waals surface area contributed by atoms with Crippen LogP contribution in [0.15, 0.2) is 24.3 Å². The van der Waals surface area contributed by atoms with Crippen LogP contribution < -0.4 is 4.74 Å². The number of benzene rings is 1. The fraction of sp³-hybridized carbons (Fsp3) is 0.222. The number of aliphatic carboxylic acids is 1. The van der Waals surface area contributed by atoms with Crippen LogP contribution in [0.5, 0.6) is 5.75 Å². The summed E-state index contributed by atoms with van der Waals surface area (Å²) in [5.41, 5.74) is -0.186. The number of carbonyl (C=O) groups is 1. The van der Waals surface area contributed by atoms with E-state index in [2.05, 4.69) is 4.74 Å². The molecule has 1 aromatic rings. The lowest BCUT2D eigenvalue weighted by molar-refractivity contribution is -0.274. The number of rotatable bonds is 3. The predicted octanol–water partition coefficient (Wildman–Crippen LogP) is 1.70. The number of aliphatic hydroxyl groups excluding tert-OH is 1. The van der Waals surface area contributed by atoms with Crippen LogP contribution >= 0.6 is 0 Å². The van der Waals surface area contributed by atoms with Crippen molar-refractivity contribution in [3.63, 3.8) is 0 Å². The molecule has 0 unspecified atom stereocenters. The Labute approximate surface area is 87.9 Å². The summed E-state index contributed by atoms with van der Waals surface area (Å²) >= 11 is 0. The van der Waals surface area contributed by atoms with Gasteiger partial charge in [0.1, 0.15) is 5.75 Å². The van der Waals surface area contributed by atoms with Crippen molar-refractivity contribution in [1.82, 2.24) is 0 Å². The first-order chi connectivity index (χ1) is 7.29. The largest absolute Gasteiger partial charge is 0.573 e. The third-order valence-electron chi connectivity index (χ3n) is 1.64. The second-order valence-electron chi connectivity index (χ2n) is 2.86. The first-order valence-electron chi connectivity index (χ1n) is 4.06. The van der Waals surface area contributed by atoms with Gasteiger partial charge in [-0.3, -0.25) is 0 Å². The van der Waals surface area contributed by atoms with Crippen molar-refractivity contribution in [2.75, 3.05) is 0 Å². The minimum atomic E-state index is -4.85. The number of hydrogen-bond acceptors (Lipinski definition) is 3. The summed E-state index contributed by atoms with van der Waals surface area (Å²) < 4.78 is 39.1. The van der Waals surface area contributed by atoms with Gasteiger partial charge in [-0.15, -0.1) is 13.2 Å². The first-order valence-corrected chi connectivity index (χ1v) is 4.06. The number of ether oxygens (including phenoxy) is 1. The van der Waals surface area contributed by atoms with Gasteiger partial charge >= 0.3 is 12.3 Å². The molecule has 0 amide bonds. The van der Waals surface area contributed by atoms with E-state index >= 15 is 0 Å². The van der Waals surface area contributed by atoms with Gasteiger partial charge in [-0.05, 0) is 17.7 Å². The van der Waals surface area contributed by atoms with Crippen LogP contribution in [-0.2, 0) is 4.79 Å². The van der Waals surface area contributed by atoms with Gasteiger partial charge in [0.15, 0.2) is 6.10 Å². The van der Waals surface area contributed by atoms with Crippen molar-refractivity contribution < 1.29 is 32.9 Å². The van der Waals surface area contributed by atoms with E-state index in [4.69, 9.17) is 10.2 Å². The third-order valence-corrected chi connectivity index (χ3v) is 1.64. The predicted molar refractivity (Wildman–Crippen MR) is 45.7 cm³/mol. The highest BCUT2D eigenvalue weighted by molar-refractivity contribution is 5.74. The number of carboxylic acid groups (broad SMARTS) is 1. The fourth-order valence-corrected chi connectivity index (χ4v) is 1.02. The van der Waals surface area contributed by atoms with Crippen LogP contribution in [0.4, 0.5) is 13.2 Å². The van der Waals surface area contributed by atoms with Crippen LogP contribution in [0.3, 0.4) is 0 Å². The fourth-order valence-electron chi connectivity index (χ4n) is 1.02. The number of alkyl halides is 3. The average Bonchev–Trinajstić information content (AvgIpc) is 2.14. The van der Waals surface area contributed by atoms with Crippen molar-refractivity contribution in [2.45, 2.75) is 12.5 Å². The SMILES string of the molecule is O=C(O)[C@@H](O)c1cccc(OC(F)(F)F)c1. The van der Waals surface area contributed by atoms with Crippen LogP contribution in [0.1, 0.15) is 11.7 Å². The highest BCUT2D eigenvalue weighted by Crippen LogP contribution is 2.25. The van der Waals surface area contributed by atoms with Gasteiger partial charge in [-0.2, -0.15) is 0 Å². The zero-order valence-electron chi connectivity index (χ0n) is 7.73. The summed E-state index contributed by atoms with van der Waals surface area (Å²) in [5.74, 6) is -2.13. The van der Waals surface area contributed by atoms with E-state index in [1.807, 2.05) is 0 Å². The Morgan fingerprint density at radius 1 is 1.38 bits per heavy atom. The second-order valence-corrected chi connectivity index (χ2v) is 2.86. The number of halogens is 3. The van der Waals surface area contributed by atoms with E-state index in [1.54, 1.807) is 0 Å². The molecule has 1 aromatic carbocycles. The Balaban J connectivity index is 2.91. The molecule has 0 heterocycles. The maximum absolute atomic E-state index is 11.8. The Hall–Kier alpha value is -1.76. The lowest BCUT2D eigenvalue weighted by Gasteiger charge is -2.11. The van der Waals surface area contributed by atoms with E-state index in [9.17, 15) is 18.0 Å². The Morgan fingerprint density at radius 2 is 2.00 bits per heavy atom. The minimum absolute atomic E-state index is 0.186.